The fourth-order valence-corrected chi connectivity index (χ4v) is 13.3. The first-order valence-corrected chi connectivity index (χ1v) is 33.1. The molecule has 0 bridgehead atoms. The summed E-state index contributed by atoms with van der Waals surface area (Å²) >= 11 is 0. The van der Waals surface area contributed by atoms with E-state index in [9.17, 15) is 9.59 Å². The Morgan fingerprint density at radius 3 is 1.48 bits per heavy atom. The Hall–Kier alpha value is -7.97. The Balaban J connectivity index is 0.000000156. The van der Waals surface area contributed by atoms with E-state index in [0.29, 0.717) is 37.3 Å². The number of methoxy groups -OCH3 is 2. The average Bonchev–Trinajstić information content (AvgIpc) is 1.65. The predicted molar refractivity (Wildman–Crippen MR) is 376 cm³/mol. The van der Waals surface area contributed by atoms with Gasteiger partial charge in [0, 0.05) is 43.0 Å². The van der Waals surface area contributed by atoms with Gasteiger partial charge < -0.3 is 51.3 Å². The van der Waals surface area contributed by atoms with Crippen molar-refractivity contribution in [2.45, 2.75) is 195 Å². The summed E-state index contributed by atoms with van der Waals surface area (Å²) in [6.45, 7) is 27.5. The maximum Gasteiger partial charge on any atom is 0.410 e. The summed E-state index contributed by atoms with van der Waals surface area (Å²) in [5.41, 5.74) is 33.3. The fourth-order valence-electron chi connectivity index (χ4n) is 13.3. The van der Waals surface area contributed by atoms with Crippen molar-refractivity contribution in [3.05, 3.63) is 229 Å². The number of hydrogen-bond donors (Lipinski definition) is 5. The first-order valence-electron chi connectivity index (χ1n) is 33.1. The van der Waals surface area contributed by atoms with Gasteiger partial charge >= 0.3 is 12.2 Å². The number of nitrogens with two attached hydrogens (primary N) is 2. The van der Waals surface area contributed by atoms with E-state index < -0.39 is 11.2 Å². The van der Waals surface area contributed by atoms with Crippen LogP contribution in [0.5, 0.6) is 11.5 Å². The second kappa shape index (κ2) is 31.6. The second-order valence-electron chi connectivity index (χ2n) is 27.3. The quantitative estimate of drug-likeness (QED) is 0.0881. The average molecular weight is 1250 g/mol. The summed E-state index contributed by atoms with van der Waals surface area (Å²) in [6, 6.07) is 48.0. The molecule has 0 saturated carbocycles. The van der Waals surface area contributed by atoms with Gasteiger partial charge in [-0.2, -0.15) is 0 Å². The van der Waals surface area contributed by atoms with E-state index in [-0.39, 0.29) is 24.3 Å². The number of aromatic nitrogens is 1. The van der Waals surface area contributed by atoms with Crippen molar-refractivity contribution in [2.24, 2.45) is 11.5 Å². The first kappa shape index (κ1) is 69.9. The van der Waals surface area contributed by atoms with Gasteiger partial charge in [0.2, 0.25) is 0 Å². The number of benzene rings is 6. The molecule has 6 aromatic carbocycles. The molecule has 0 saturated heterocycles. The number of nitrogens with zero attached hydrogens (tertiary/aromatic N) is 2. The van der Waals surface area contributed by atoms with E-state index >= 15 is 0 Å². The van der Waals surface area contributed by atoms with Crippen molar-refractivity contribution in [1.82, 2.24) is 20.5 Å². The molecule has 92 heavy (non-hydrogen) atoms. The number of alkyl carbamates (subject to hydrolysis) is 1. The monoisotopic (exact) mass is 1250 g/mol. The summed E-state index contributed by atoms with van der Waals surface area (Å²) < 4.78 is 21.0. The number of aryl methyl sites for hydroxylation is 9. The van der Waals surface area contributed by atoms with Gasteiger partial charge in [-0.05, 0) is 273 Å². The SMILES string of the molecule is COc1ccc([C@H](C)N)cc1.COc1ccc([C@H](C)N[C@H]2CCc3cccc(C)c32)cc1.Cc1cccc2c1[C@@H](N)CC2.Cc1cccc2c1[C@@H](NC(=O)OC(C)(C)C)CC2.Cc1cccc2c1[C@@H](Nc1ccc(C3=CCN(C(=O)OC(C)(C)C)CC3)c(C)n1)CC2. The van der Waals surface area contributed by atoms with E-state index in [1.165, 1.54) is 90.7 Å². The minimum atomic E-state index is -0.469. The van der Waals surface area contributed by atoms with Gasteiger partial charge in [0.25, 0.3) is 0 Å². The second-order valence-corrected chi connectivity index (χ2v) is 27.3. The van der Waals surface area contributed by atoms with E-state index in [1.54, 1.807) is 19.1 Å². The lowest BCUT2D eigenvalue weighted by molar-refractivity contribution is 0.0270. The van der Waals surface area contributed by atoms with Gasteiger partial charge in [-0.15, -0.1) is 0 Å². The molecule has 13 heteroatoms. The lowest BCUT2D eigenvalue weighted by Crippen LogP contribution is -2.39. The van der Waals surface area contributed by atoms with Gasteiger partial charge in [0.1, 0.15) is 28.5 Å². The first-order chi connectivity index (χ1) is 43.8. The summed E-state index contributed by atoms with van der Waals surface area (Å²) in [4.78, 5) is 30.7. The number of anilines is 1. The molecule has 2 heterocycles. The Morgan fingerprint density at radius 2 is 1.01 bits per heavy atom. The molecule has 0 radical (unpaired) electrons. The molecule has 490 valence electrons. The third kappa shape index (κ3) is 18.9. The van der Waals surface area contributed by atoms with Gasteiger partial charge in [0.15, 0.2) is 0 Å². The molecule has 0 spiro atoms. The molecule has 13 nitrogen and oxygen atoms in total. The molecular weight excluding hydrogens is 1140 g/mol. The van der Waals surface area contributed by atoms with Crippen LogP contribution in [0.4, 0.5) is 15.4 Å². The zero-order valence-electron chi connectivity index (χ0n) is 57.5. The third-order valence-corrected chi connectivity index (χ3v) is 17.9. The predicted octanol–water partition coefficient (Wildman–Crippen LogP) is 17.3. The van der Waals surface area contributed by atoms with Crippen molar-refractivity contribution in [2.75, 3.05) is 32.6 Å². The van der Waals surface area contributed by atoms with Crippen molar-refractivity contribution in [3.8, 4) is 11.5 Å². The Bertz CT molecular complexity index is 3640. The molecule has 4 aliphatic carbocycles. The molecule has 7 aromatic rings. The summed E-state index contributed by atoms with van der Waals surface area (Å²) in [6.07, 6.45) is 11.2. The molecule has 0 unspecified atom stereocenters. The van der Waals surface area contributed by atoms with Crippen molar-refractivity contribution >= 4 is 23.6 Å². The van der Waals surface area contributed by atoms with Gasteiger partial charge in [0.05, 0.1) is 26.3 Å². The summed E-state index contributed by atoms with van der Waals surface area (Å²) in [7, 11) is 3.36. The van der Waals surface area contributed by atoms with Crippen LogP contribution in [0, 0.1) is 34.6 Å². The van der Waals surface area contributed by atoms with E-state index in [2.05, 4.69) is 161 Å². The molecule has 12 rings (SSSR count). The van der Waals surface area contributed by atoms with Crippen LogP contribution in [0.3, 0.4) is 0 Å². The molecule has 1 aliphatic heterocycles. The zero-order valence-corrected chi connectivity index (χ0v) is 57.5. The molecule has 5 aliphatic rings. The van der Waals surface area contributed by atoms with Crippen LogP contribution >= 0.6 is 0 Å². The molecule has 1 aromatic heterocycles. The normalized spacial score (nSPS) is 18.1. The number of carbonyl (C=O) groups is 2. The molecule has 7 N–H and O–H groups in total. The maximum atomic E-state index is 12.3. The van der Waals surface area contributed by atoms with Crippen molar-refractivity contribution < 1.29 is 28.5 Å². The van der Waals surface area contributed by atoms with Crippen LogP contribution in [-0.2, 0) is 35.2 Å². The lowest BCUT2D eigenvalue weighted by Gasteiger charge is -2.30. The number of carbonyl (C=O) groups excluding carboxylic acids is 2. The van der Waals surface area contributed by atoms with E-state index in [0.717, 1.165) is 79.1 Å². The van der Waals surface area contributed by atoms with Crippen LogP contribution < -0.4 is 36.9 Å². The van der Waals surface area contributed by atoms with Crippen LogP contribution in [0.2, 0.25) is 0 Å². The summed E-state index contributed by atoms with van der Waals surface area (Å²) in [5.74, 6) is 2.71. The lowest BCUT2D eigenvalue weighted by atomic mass is 9.98. The highest BCUT2D eigenvalue weighted by Gasteiger charge is 2.30. The number of hydrogen-bond acceptors (Lipinski definition) is 11. The van der Waals surface area contributed by atoms with Gasteiger partial charge in [-0.3, -0.25) is 0 Å². The topological polar surface area (TPSA) is 175 Å². The zero-order chi connectivity index (χ0) is 66.4. The molecule has 0 fully saturated rings. The Kier molecular flexibility index (Phi) is 24.0. The highest BCUT2D eigenvalue weighted by Crippen LogP contribution is 2.39. The number of ether oxygens (including phenoxy) is 4. The van der Waals surface area contributed by atoms with Crippen LogP contribution in [0.15, 0.2) is 140 Å². The Morgan fingerprint density at radius 1 is 0.554 bits per heavy atom. The number of pyridine rings is 1. The minimum Gasteiger partial charge on any atom is -0.497 e. The van der Waals surface area contributed by atoms with Crippen LogP contribution in [0.1, 0.15) is 213 Å². The number of nitrogens with one attached hydrogen (secondary N) is 3. The fraction of sp³-hybridized carbons (Fsp3) is 0.430. The minimum absolute atomic E-state index is 0.0936. The molecular formula is C79H103N7O6. The van der Waals surface area contributed by atoms with Crippen molar-refractivity contribution in [1.29, 1.82) is 0 Å². The maximum absolute atomic E-state index is 12.3. The standard InChI is InChI=1S/C26H33N3O2.C19H23NO.C15H21NO2.C10H13N.C9H13NO/c1-17-7-6-8-20-9-11-22(24(17)20)28-23-12-10-21(18(2)27-23)19-13-15-29(16-14-19)25(30)31-26(3,4)5;1-13-5-4-6-16-9-12-18(19(13)16)20-14(2)15-7-10-17(21-3)11-8-15;1-10-6-5-7-11-8-9-12(13(10)11)16-14(17)18-15(2,3)4;1-7-3-2-4-8-5-6-9(11)10(7)8;1-7(10)8-3-5-9(11-2)6-4-8/h6-8,10,12-13,22H,9,11,14-16H2,1-5H3,(H,27,28);4-8,10-11,14,18,20H,9,12H2,1-3H3;5-7,12H,8-9H2,1-4H3,(H,16,17);2-4,9H,5-6,11H2,1H3;3-7H,10H2,1-2H3/t22-;14-,18-;12-;9-;7-/m00000/s1. The third-order valence-electron chi connectivity index (χ3n) is 17.9. The largest absolute Gasteiger partial charge is 0.497 e. The van der Waals surface area contributed by atoms with Gasteiger partial charge in [-0.1, -0.05) is 103 Å². The highest BCUT2D eigenvalue weighted by molar-refractivity contribution is 5.74. The number of fused-ring (bicyclic) bond motifs is 4. The van der Waals surface area contributed by atoms with Crippen molar-refractivity contribution in [3.63, 3.8) is 0 Å². The highest BCUT2D eigenvalue weighted by atomic mass is 16.6. The summed E-state index contributed by atoms with van der Waals surface area (Å²) in [5, 5.41) is 10.4. The number of amides is 2. The van der Waals surface area contributed by atoms with E-state index in [4.69, 9.17) is 35.4 Å². The van der Waals surface area contributed by atoms with Crippen LogP contribution in [0.25, 0.3) is 5.57 Å². The van der Waals surface area contributed by atoms with Gasteiger partial charge in [-0.25, -0.2) is 14.6 Å². The number of rotatable bonds is 10. The van der Waals surface area contributed by atoms with Crippen LogP contribution in [-0.4, -0.2) is 60.6 Å². The molecule has 6 atom stereocenters. The smallest absolute Gasteiger partial charge is 0.410 e. The van der Waals surface area contributed by atoms with E-state index in [1.807, 2.05) is 84.9 Å². The molecule has 2 amide bonds. The Labute approximate surface area is 549 Å².